The number of hydrogen-bond donors (Lipinski definition) is 1. The number of carbonyl (C=O) groups excluding carboxylic acids is 2. The Kier molecular flexibility index (Phi) is 7.92. The van der Waals surface area contributed by atoms with Gasteiger partial charge in [0.15, 0.2) is 5.82 Å². The number of halogens is 1. The molecule has 0 radical (unpaired) electrons. The minimum atomic E-state index is -0.873. The first-order chi connectivity index (χ1) is 13.8. The molecule has 0 saturated carbocycles. The van der Waals surface area contributed by atoms with Crippen molar-refractivity contribution in [2.75, 3.05) is 24.6 Å². The number of nitrogens with zero attached hydrogens (tertiary/aromatic N) is 2. The topological polar surface area (TPSA) is 102 Å². The molecule has 1 aromatic rings. The number of hydrogen-bond acceptors (Lipinski definition) is 6. The molecule has 9 heteroatoms. The Labute approximate surface area is 169 Å². The molecule has 1 aromatic carbocycles. The molecule has 160 valence electrons. The van der Waals surface area contributed by atoms with Gasteiger partial charge in [-0.2, -0.15) is 0 Å². The highest BCUT2D eigenvalue weighted by Gasteiger charge is 2.32. The van der Waals surface area contributed by atoms with Crippen LogP contribution in [0.25, 0.3) is 0 Å². The molecule has 2 atom stereocenters. The Bertz CT molecular complexity index is 771. The maximum atomic E-state index is 14.8. The van der Waals surface area contributed by atoms with Crippen molar-refractivity contribution in [1.82, 2.24) is 5.32 Å². The van der Waals surface area contributed by atoms with Crippen LogP contribution in [0.15, 0.2) is 12.1 Å². The molecule has 1 fully saturated rings. The van der Waals surface area contributed by atoms with Gasteiger partial charge in [0.1, 0.15) is 0 Å². The van der Waals surface area contributed by atoms with Gasteiger partial charge >= 0.3 is 5.97 Å². The zero-order valence-corrected chi connectivity index (χ0v) is 17.1. The maximum Gasteiger partial charge on any atom is 0.340 e. The molecule has 1 N–H and O–H groups in total. The van der Waals surface area contributed by atoms with Crippen LogP contribution in [0.3, 0.4) is 0 Å². The van der Waals surface area contributed by atoms with Crippen molar-refractivity contribution < 1.29 is 23.6 Å². The van der Waals surface area contributed by atoms with E-state index in [4.69, 9.17) is 4.74 Å². The Balaban J connectivity index is 2.31. The van der Waals surface area contributed by atoms with E-state index in [-0.39, 0.29) is 42.3 Å². The van der Waals surface area contributed by atoms with Crippen LogP contribution in [-0.2, 0) is 9.53 Å². The van der Waals surface area contributed by atoms with Gasteiger partial charge in [-0.25, -0.2) is 9.18 Å². The lowest BCUT2D eigenvalue weighted by molar-refractivity contribution is -0.385. The number of amides is 1. The van der Waals surface area contributed by atoms with Gasteiger partial charge in [0.05, 0.1) is 34.8 Å². The lowest BCUT2D eigenvalue weighted by atomic mass is 9.95. The Hall–Kier alpha value is -2.71. The number of nitro groups is 1. The first-order valence-corrected chi connectivity index (χ1v) is 9.98. The van der Waals surface area contributed by atoms with E-state index in [9.17, 15) is 24.1 Å². The van der Waals surface area contributed by atoms with Gasteiger partial charge in [-0.15, -0.1) is 0 Å². The SMILES string of the molecule is CCCC(C)NC(=O)C1CCCN(c2c(F)cc([N+](=O)[O-])cc2C(=O)OCC)C1. The number of rotatable bonds is 8. The second-order valence-electron chi connectivity index (χ2n) is 7.28. The van der Waals surface area contributed by atoms with E-state index in [1.807, 2.05) is 13.8 Å². The van der Waals surface area contributed by atoms with Gasteiger partial charge in [0, 0.05) is 25.2 Å². The molecule has 2 rings (SSSR count). The molecule has 0 bridgehead atoms. The predicted molar refractivity (Wildman–Crippen MR) is 106 cm³/mol. The Morgan fingerprint density at radius 3 is 2.76 bits per heavy atom. The molecule has 1 aliphatic heterocycles. The molecule has 29 heavy (non-hydrogen) atoms. The van der Waals surface area contributed by atoms with Crippen LogP contribution in [-0.4, -0.2) is 42.5 Å². The van der Waals surface area contributed by atoms with Crippen LogP contribution >= 0.6 is 0 Å². The fraction of sp³-hybridized carbons (Fsp3) is 0.600. The van der Waals surface area contributed by atoms with Gasteiger partial charge in [0.25, 0.3) is 5.69 Å². The molecule has 0 spiro atoms. The smallest absolute Gasteiger partial charge is 0.340 e. The van der Waals surface area contributed by atoms with E-state index in [1.165, 1.54) is 0 Å². The number of nitrogens with one attached hydrogen (secondary N) is 1. The lowest BCUT2D eigenvalue weighted by Gasteiger charge is -2.35. The summed E-state index contributed by atoms with van der Waals surface area (Å²) in [6.07, 6.45) is 3.12. The minimum Gasteiger partial charge on any atom is -0.462 e. The Morgan fingerprint density at radius 2 is 2.14 bits per heavy atom. The maximum absolute atomic E-state index is 14.8. The van der Waals surface area contributed by atoms with E-state index < -0.39 is 22.4 Å². The first-order valence-electron chi connectivity index (χ1n) is 9.98. The summed E-state index contributed by atoms with van der Waals surface area (Å²) in [4.78, 5) is 36.9. The molecule has 0 aromatic heterocycles. The minimum absolute atomic E-state index is 0.0480. The number of non-ortho nitro benzene ring substituents is 1. The van der Waals surface area contributed by atoms with Crippen LogP contribution in [0.4, 0.5) is 15.8 Å². The average molecular weight is 409 g/mol. The molecule has 0 aliphatic carbocycles. The van der Waals surface area contributed by atoms with Gasteiger partial charge in [-0.1, -0.05) is 13.3 Å². The Morgan fingerprint density at radius 1 is 1.41 bits per heavy atom. The number of piperidine rings is 1. The molecule has 8 nitrogen and oxygen atoms in total. The summed E-state index contributed by atoms with van der Waals surface area (Å²) in [5.41, 5.74) is -0.763. The third-order valence-electron chi connectivity index (χ3n) is 4.97. The highest BCUT2D eigenvalue weighted by Crippen LogP contribution is 2.33. The van der Waals surface area contributed by atoms with E-state index >= 15 is 0 Å². The van der Waals surface area contributed by atoms with Crippen molar-refractivity contribution in [3.63, 3.8) is 0 Å². The van der Waals surface area contributed by atoms with Crippen LogP contribution in [0.2, 0.25) is 0 Å². The molecule has 1 amide bonds. The van der Waals surface area contributed by atoms with Crippen LogP contribution in [0.5, 0.6) is 0 Å². The number of esters is 1. The standard InChI is InChI=1S/C20H28FN3O5/c1-4-7-13(3)22-19(25)14-8-6-9-23(12-14)18-16(20(26)29-5-2)10-15(24(27)28)11-17(18)21/h10-11,13-14H,4-9,12H2,1-3H3,(H,22,25). The summed E-state index contributed by atoms with van der Waals surface area (Å²) in [7, 11) is 0. The summed E-state index contributed by atoms with van der Waals surface area (Å²) in [6.45, 7) is 6.31. The van der Waals surface area contributed by atoms with Crippen LogP contribution < -0.4 is 10.2 Å². The molecule has 1 saturated heterocycles. The summed E-state index contributed by atoms with van der Waals surface area (Å²) < 4.78 is 19.8. The zero-order chi connectivity index (χ0) is 21.6. The van der Waals surface area contributed by atoms with Crippen molar-refractivity contribution in [3.8, 4) is 0 Å². The lowest BCUT2D eigenvalue weighted by Crippen LogP contribution is -2.46. The fourth-order valence-corrected chi connectivity index (χ4v) is 3.64. The van der Waals surface area contributed by atoms with E-state index in [0.29, 0.717) is 19.4 Å². The third kappa shape index (κ3) is 5.65. The molecular weight excluding hydrogens is 381 g/mol. The van der Waals surface area contributed by atoms with Crippen molar-refractivity contribution in [3.05, 3.63) is 33.6 Å². The van der Waals surface area contributed by atoms with Crippen molar-refractivity contribution in [1.29, 1.82) is 0 Å². The first kappa shape index (κ1) is 22.6. The zero-order valence-electron chi connectivity index (χ0n) is 17.1. The van der Waals surface area contributed by atoms with Crippen molar-refractivity contribution in [2.45, 2.75) is 52.5 Å². The summed E-state index contributed by atoms with van der Waals surface area (Å²) in [6, 6.07) is 1.88. The fourth-order valence-electron chi connectivity index (χ4n) is 3.64. The third-order valence-corrected chi connectivity index (χ3v) is 4.97. The van der Waals surface area contributed by atoms with Crippen LogP contribution in [0, 0.1) is 21.8 Å². The average Bonchev–Trinajstić information content (AvgIpc) is 2.67. The van der Waals surface area contributed by atoms with Gasteiger partial charge < -0.3 is 15.0 Å². The van der Waals surface area contributed by atoms with Gasteiger partial charge in [-0.05, 0) is 33.1 Å². The van der Waals surface area contributed by atoms with Crippen molar-refractivity contribution in [2.24, 2.45) is 5.92 Å². The summed E-state index contributed by atoms with van der Waals surface area (Å²) in [5.74, 6) is -2.15. The number of benzene rings is 1. The van der Waals surface area contributed by atoms with Crippen molar-refractivity contribution >= 4 is 23.3 Å². The largest absolute Gasteiger partial charge is 0.462 e. The quantitative estimate of drug-likeness (QED) is 0.401. The summed E-state index contributed by atoms with van der Waals surface area (Å²) >= 11 is 0. The highest BCUT2D eigenvalue weighted by atomic mass is 19.1. The summed E-state index contributed by atoms with van der Waals surface area (Å²) in [5, 5.41) is 14.1. The molecular formula is C20H28FN3O5. The molecule has 2 unspecified atom stereocenters. The van der Waals surface area contributed by atoms with E-state index in [1.54, 1.807) is 11.8 Å². The van der Waals surface area contributed by atoms with E-state index in [2.05, 4.69) is 5.32 Å². The second kappa shape index (κ2) is 10.2. The highest BCUT2D eigenvalue weighted by molar-refractivity contribution is 5.97. The predicted octanol–water partition coefficient (Wildman–Crippen LogP) is 3.43. The number of nitro benzene ring substituents is 1. The van der Waals surface area contributed by atoms with Gasteiger partial charge in [0.2, 0.25) is 5.91 Å². The molecule has 1 heterocycles. The van der Waals surface area contributed by atoms with Crippen LogP contribution in [0.1, 0.15) is 56.8 Å². The van der Waals surface area contributed by atoms with Gasteiger partial charge in [-0.3, -0.25) is 14.9 Å². The molecule has 1 aliphatic rings. The van der Waals surface area contributed by atoms with E-state index in [0.717, 1.165) is 25.0 Å². The number of anilines is 1. The number of ether oxygens (including phenoxy) is 1. The monoisotopic (exact) mass is 409 g/mol. The normalized spacial score (nSPS) is 17.5. The second-order valence-corrected chi connectivity index (χ2v) is 7.28. The number of carbonyl (C=O) groups is 2.